The normalized spacial score (nSPS) is 18.0. The van der Waals surface area contributed by atoms with Crippen molar-refractivity contribution in [2.45, 2.75) is 6.17 Å². The van der Waals surface area contributed by atoms with Crippen molar-refractivity contribution in [2.24, 2.45) is 0 Å². The van der Waals surface area contributed by atoms with E-state index >= 15 is 0 Å². The molecule has 1 aromatic carbocycles. The van der Waals surface area contributed by atoms with Gasteiger partial charge in [-0.3, -0.25) is 10.6 Å². The minimum Gasteiger partial charge on any atom is -0.297 e. The minimum absolute atomic E-state index is 0.0983. The van der Waals surface area contributed by atoms with Crippen molar-refractivity contribution in [3.63, 3.8) is 0 Å². The fourth-order valence-corrected chi connectivity index (χ4v) is 2.11. The number of halogens is 2. The first-order chi connectivity index (χ1) is 6.29. The summed E-state index contributed by atoms with van der Waals surface area (Å²) in [4.78, 5) is 0. The van der Waals surface area contributed by atoms with Gasteiger partial charge in [0.1, 0.15) is 0 Å². The molecular formula is C9H10Cl2N2. The Balaban J connectivity index is 2.37. The van der Waals surface area contributed by atoms with Crippen LogP contribution in [0.5, 0.6) is 0 Å². The zero-order chi connectivity index (χ0) is 9.26. The molecule has 0 spiro atoms. The Kier molecular flexibility index (Phi) is 2.74. The van der Waals surface area contributed by atoms with E-state index in [1.54, 1.807) is 0 Å². The Morgan fingerprint density at radius 2 is 1.62 bits per heavy atom. The molecular weight excluding hydrogens is 207 g/mol. The largest absolute Gasteiger partial charge is 0.297 e. The summed E-state index contributed by atoms with van der Waals surface area (Å²) < 4.78 is 0. The topological polar surface area (TPSA) is 24.1 Å². The average molecular weight is 217 g/mol. The number of hydrogen-bond acceptors (Lipinski definition) is 2. The van der Waals surface area contributed by atoms with Gasteiger partial charge in [-0.25, -0.2) is 0 Å². The molecule has 1 heterocycles. The zero-order valence-electron chi connectivity index (χ0n) is 6.98. The molecule has 0 atom stereocenters. The summed E-state index contributed by atoms with van der Waals surface area (Å²) >= 11 is 12.1. The predicted molar refractivity (Wildman–Crippen MR) is 55.2 cm³/mol. The Morgan fingerprint density at radius 3 is 2.15 bits per heavy atom. The fourth-order valence-electron chi connectivity index (χ4n) is 1.50. The maximum atomic E-state index is 6.05. The van der Waals surface area contributed by atoms with E-state index in [0.717, 1.165) is 18.7 Å². The van der Waals surface area contributed by atoms with Crippen LogP contribution in [0.4, 0.5) is 0 Å². The van der Waals surface area contributed by atoms with E-state index in [9.17, 15) is 0 Å². The predicted octanol–water partition coefficient (Wildman–Crippen LogP) is 2.18. The lowest BCUT2D eigenvalue weighted by Gasteiger charge is -2.14. The van der Waals surface area contributed by atoms with Gasteiger partial charge in [-0.05, 0) is 12.1 Å². The van der Waals surface area contributed by atoms with Gasteiger partial charge in [-0.15, -0.1) is 0 Å². The molecule has 1 fully saturated rings. The van der Waals surface area contributed by atoms with E-state index in [1.807, 2.05) is 18.2 Å². The molecule has 1 saturated heterocycles. The summed E-state index contributed by atoms with van der Waals surface area (Å²) in [5.41, 5.74) is 0.948. The summed E-state index contributed by atoms with van der Waals surface area (Å²) in [5.74, 6) is 0. The van der Waals surface area contributed by atoms with Gasteiger partial charge in [-0.2, -0.15) is 0 Å². The molecule has 4 heteroatoms. The number of nitrogens with one attached hydrogen (secondary N) is 2. The van der Waals surface area contributed by atoms with Crippen LogP contribution >= 0.6 is 23.2 Å². The Hall–Kier alpha value is -0.280. The maximum Gasteiger partial charge on any atom is 0.0865 e. The van der Waals surface area contributed by atoms with Crippen LogP contribution in [-0.2, 0) is 0 Å². The van der Waals surface area contributed by atoms with Crippen LogP contribution in [0, 0.1) is 0 Å². The number of benzene rings is 1. The first-order valence-electron chi connectivity index (χ1n) is 4.20. The van der Waals surface area contributed by atoms with Gasteiger partial charge in [0.25, 0.3) is 0 Å². The van der Waals surface area contributed by atoms with Crippen molar-refractivity contribution in [3.8, 4) is 0 Å². The summed E-state index contributed by atoms with van der Waals surface area (Å²) in [6.45, 7) is 1.90. The highest BCUT2D eigenvalue weighted by Gasteiger charge is 2.20. The fraction of sp³-hybridized carbons (Fsp3) is 0.333. The summed E-state index contributed by atoms with van der Waals surface area (Å²) in [6, 6.07) is 5.55. The highest BCUT2D eigenvalue weighted by Crippen LogP contribution is 2.29. The van der Waals surface area contributed by atoms with Crippen molar-refractivity contribution >= 4 is 23.2 Å². The standard InChI is InChI=1S/C9H10Cl2N2/c10-6-2-1-3-7(11)8(6)9-12-4-5-13-9/h1-3,9,12-13H,4-5H2. The zero-order valence-corrected chi connectivity index (χ0v) is 8.49. The summed E-state index contributed by atoms with van der Waals surface area (Å²) in [5, 5.41) is 7.96. The van der Waals surface area contributed by atoms with E-state index in [1.165, 1.54) is 0 Å². The molecule has 13 heavy (non-hydrogen) atoms. The van der Waals surface area contributed by atoms with Gasteiger partial charge in [0.2, 0.25) is 0 Å². The van der Waals surface area contributed by atoms with E-state index < -0.39 is 0 Å². The molecule has 2 rings (SSSR count). The lowest BCUT2D eigenvalue weighted by molar-refractivity contribution is 0.589. The van der Waals surface area contributed by atoms with Crippen LogP contribution in [-0.4, -0.2) is 13.1 Å². The van der Waals surface area contributed by atoms with Crippen LogP contribution < -0.4 is 10.6 Å². The SMILES string of the molecule is Clc1cccc(Cl)c1C1NCCN1. The maximum absolute atomic E-state index is 6.05. The number of rotatable bonds is 1. The van der Waals surface area contributed by atoms with Crippen molar-refractivity contribution in [1.82, 2.24) is 10.6 Å². The Morgan fingerprint density at radius 1 is 1.08 bits per heavy atom. The van der Waals surface area contributed by atoms with Crippen molar-refractivity contribution in [3.05, 3.63) is 33.8 Å². The van der Waals surface area contributed by atoms with Crippen LogP contribution in [0.3, 0.4) is 0 Å². The molecule has 0 saturated carbocycles. The van der Waals surface area contributed by atoms with Crippen molar-refractivity contribution < 1.29 is 0 Å². The van der Waals surface area contributed by atoms with Crippen LogP contribution in [0.2, 0.25) is 10.0 Å². The third kappa shape index (κ3) is 1.81. The first-order valence-corrected chi connectivity index (χ1v) is 4.95. The Labute approximate surface area is 87.2 Å². The number of hydrogen-bond donors (Lipinski definition) is 2. The van der Waals surface area contributed by atoms with Crippen LogP contribution in [0.1, 0.15) is 11.7 Å². The Bertz CT molecular complexity index is 288. The smallest absolute Gasteiger partial charge is 0.0865 e. The molecule has 1 aliphatic heterocycles. The molecule has 0 unspecified atom stereocenters. The van der Waals surface area contributed by atoms with Gasteiger partial charge in [0.05, 0.1) is 6.17 Å². The molecule has 0 amide bonds. The summed E-state index contributed by atoms with van der Waals surface area (Å²) in [6.07, 6.45) is 0.0983. The second-order valence-corrected chi connectivity index (χ2v) is 3.79. The molecule has 2 nitrogen and oxygen atoms in total. The van der Waals surface area contributed by atoms with Gasteiger partial charge in [0, 0.05) is 28.7 Å². The van der Waals surface area contributed by atoms with Gasteiger partial charge < -0.3 is 0 Å². The van der Waals surface area contributed by atoms with Crippen molar-refractivity contribution in [1.29, 1.82) is 0 Å². The van der Waals surface area contributed by atoms with E-state index in [0.29, 0.717) is 10.0 Å². The van der Waals surface area contributed by atoms with Crippen molar-refractivity contribution in [2.75, 3.05) is 13.1 Å². The lowest BCUT2D eigenvalue weighted by Crippen LogP contribution is -2.21. The highest BCUT2D eigenvalue weighted by molar-refractivity contribution is 6.36. The van der Waals surface area contributed by atoms with E-state index in [2.05, 4.69) is 10.6 Å². The summed E-state index contributed by atoms with van der Waals surface area (Å²) in [7, 11) is 0. The van der Waals surface area contributed by atoms with Gasteiger partial charge in [0.15, 0.2) is 0 Å². The monoisotopic (exact) mass is 216 g/mol. The first kappa shape index (κ1) is 9.28. The highest BCUT2D eigenvalue weighted by atomic mass is 35.5. The van der Waals surface area contributed by atoms with Crippen LogP contribution in [0.15, 0.2) is 18.2 Å². The molecule has 0 aliphatic carbocycles. The van der Waals surface area contributed by atoms with E-state index in [4.69, 9.17) is 23.2 Å². The second kappa shape index (κ2) is 3.84. The molecule has 0 radical (unpaired) electrons. The van der Waals surface area contributed by atoms with Crippen LogP contribution in [0.25, 0.3) is 0 Å². The van der Waals surface area contributed by atoms with Gasteiger partial charge in [-0.1, -0.05) is 29.3 Å². The molecule has 1 aliphatic rings. The molecule has 0 aromatic heterocycles. The molecule has 1 aromatic rings. The minimum atomic E-state index is 0.0983. The quantitative estimate of drug-likeness (QED) is 0.753. The third-order valence-electron chi connectivity index (χ3n) is 2.11. The second-order valence-electron chi connectivity index (χ2n) is 2.98. The molecule has 2 N–H and O–H groups in total. The lowest BCUT2D eigenvalue weighted by atomic mass is 10.2. The third-order valence-corrected chi connectivity index (χ3v) is 2.77. The van der Waals surface area contributed by atoms with Gasteiger partial charge >= 0.3 is 0 Å². The molecule has 0 bridgehead atoms. The average Bonchev–Trinajstić information content (AvgIpc) is 2.57. The van der Waals surface area contributed by atoms with E-state index in [-0.39, 0.29) is 6.17 Å². The molecule has 70 valence electrons.